The smallest absolute Gasteiger partial charge is 1.00 e. The third-order valence-electron chi connectivity index (χ3n) is 1.04. The molecule has 0 radical (unpaired) electrons. The molecule has 0 saturated carbocycles. The molecule has 0 aliphatic rings. The molecule has 0 heterocycles. The van der Waals surface area contributed by atoms with E-state index in [1.807, 2.05) is 36.4 Å². The van der Waals surface area contributed by atoms with E-state index in [1.54, 1.807) is 0 Å². The Hall–Kier alpha value is -0.0400. The fraction of sp³-hybridized carbons (Fsp3) is 0. The third-order valence-corrected chi connectivity index (χ3v) is 1.04. The molecule has 0 aliphatic carbocycles. The minimum absolute atomic E-state index is 0. The maximum absolute atomic E-state index is 3.63. The molecule has 0 aromatic heterocycles. The Labute approximate surface area is 79.4 Å². The van der Waals surface area contributed by atoms with Gasteiger partial charge in [0.2, 0.25) is 0 Å². The van der Waals surface area contributed by atoms with Crippen molar-refractivity contribution in [1.82, 2.24) is 0 Å². The average molecular weight is 128 g/mol. The molecular weight excluding hydrogens is 119 g/mol. The Balaban J connectivity index is 0. The number of benzene rings is 1. The van der Waals surface area contributed by atoms with Gasteiger partial charge in [-0.25, -0.2) is 0 Å². The number of rotatable bonds is 1. The first kappa shape index (κ1) is 8.96. The van der Waals surface area contributed by atoms with Crippen molar-refractivity contribution in [3.05, 3.63) is 42.5 Å². The van der Waals surface area contributed by atoms with Crippen molar-refractivity contribution < 1.29 is 31.0 Å². The van der Waals surface area contributed by atoms with E-state index in [2.05, 4.69) is 6.58 Å². The van der Waals surface area contributed by atoms with Crippen LogP contribution >= 0.6 is 0 Å². The largest absolute Gasteiger partial charge is 1.00 e. The minimum Gasteiger partial charge on any atom is -1.00 e. The van der Waals surface area contributed by atoms with Crippen molar-refractivity contribution in [2.75, 3.05) is 0 Å². The zero-order valence-electron chi connectivity index (χ0n) is 6.67. The van der Waals surface area contributed by atoms with Gasteiger partial charge < -0.3 is 1.43 Å². The fourth-order valence-electron chi connectivity index (χ4n) is 0.589. The molecule has 0 fully saturated rings. The van der Waals surface area contributed by atoms with E-state index in [9.17, 15) is 0 Å². The molecule has 1 aromatic rings. The molecule has 1 heteroatoms. The molecular formula is C8H9Na. The zero-order valence-corrected chi connectivity index (χ0v) is 7.67. The van der Waals surface area contributed by atoms with Crippen LogP contribution in [0, 0.1) is 0 Å². The summed E-state index contributed by atoms with van der Waals surface area (Å²) in [6.45, 7) is 3.63. The van der Waals surface area contributed by atoms with Gasteiger partial charge in [-0.05, 0) is 5.56 Å². The van der Waals surface area contributed by atoms with Crippen LogP contribution in [0.5, 0.6) is 0 Å². The maximum atomic E-state index is 3.63. The molecule has 1 aromatic carbocycles. The Morgan fingerprint density at radius 2 is 1.78 bits per heavy atom. The number of hydrogen-bond donors (Lipinski definition) is 0. The second kappa shape index (κ2) is 4.80. The van der Waals surface area contributed by atoms with Crippen molar-refractivity contribution in [3.8, 4) is 0 Å². The van der Waals surface area contributed by atoms with Crippen molar-refractivity contribution in [1.29, 1.82) is 0 Å². The van der Waals surface area contributed by atoms with Gasteiger partial charge in [0.25, 0.3) is 0 Å². The summed E-state index contributed by atoms with van der Waals surface area (Å²) in [5.74, 6) is 0. The van der Waals surface area contributed by atoms with Crippen molar-refractivity contribution in [2.24, 2.45) is 0 Å². The van der Waals surface area contributed by atoms with E-state index in [-0.39, 0.29) is 31.0 Å². The molecule has 0 spiro atoms. The van der Waals surface area contributed by atoms with Crippen LogP contribution in [-0.4, -0.2) is 0 Å². The van der Waals surface area contributed by atoms with Gasteiger partial charge in [0.15, 0.2) is 0 Å². The molecule has 0 unspecified atom stereocenters. The molecule has 0 aliphatic heterocycles. The van der Waals surface area contributed by atoms with Crippen LogP contribution in [0.1, 0.15) is 6.99 Å². The van der Waals surface area contributed by atoms with Gasteiger partial charge in [0.1, 0.15) is 0 Å². The van der Waals surface area contributed by atoms with E-state index in [0.717, 1.165) is 0 Å². The predicted molar refractivity (Wildman–Crippen MR) is 37.6 cm³/mol. The van der Waals surface area contributed by atoms with E-state index in [0.29, 0.717) is 0 Å². The third kappa shape index (κ3) is 2.85. The summed E-state index contributed by atoms with van der Waals surface area (Å²) in [4.78, 5) is 0. The van der Waals surface area contributed by atoms with Crippen molar-refractivity contribution >= 4 is 6.08 Å². The van der Waals surface area contributed by atoms with E-state index in [1.165, 1.54) is 5.56 Å². The summed E-state index contributed by atoms with van der Waals surface area (Å²) < 4.78 is 0. The van der Waals surface area contributed by atoms with E-state index in [4.69, 9.17) is 0 Å². The summed E-state index contributed by atoms with van der Waals surface area (Å²) in [5, 5.41) is 0. The Morgan fingerprint density at radius 3 is 2.11 bits per heavy atom. The molecule has 0 amide bonds. The van der Waals surface area contributed by atoms with Crippen molar-refractivity contribution in [3.63, 3.8) is 0 Å². The minimum atomic E-state index is 0. The molecule has 0 atom stereocenters. The van der Waals surface area contributed by atoms with Gasteiger partial charge in [-0.1, -0.05) is 43.0 Å². The van der Waals surface area contributed by atoms with Crippen LogP contribution in [0.3, 0.4) is 0 Å². The van der Waals surface area contributed by atoms with Gasteiger partial charge in [-0.15, -0.1) is 0 Å². The van der Waals surface area contributed by atoms with Crippen LogP contribution in [0.15, 0.2) is 36.9 Å². The van der Waals surface area contributed by atoms with Crippen LogP contribution in [-0.2, 0) is 0 Å². The summed E-state index contributed by atoms with van der Waals surface area (Å²) in [6, 6.07) is 10.0. The maximum Gasteiger partial charge on any atom is 1.00 e. The van der Waals surface area contributed by atoms with E-state index < -0.39 is 0 Å². The zero-order chi connectivity index (χ0) is 5.82. The summed E-state index contributed by atoms with van der Waals surface area (Å²) >= 11 is 0. The van der Waals surface area contributed by atoms with Gasteiger partial charge in [0.05, 0.1) is 0 Å². The first-order valence-corrected chi connectivity index (χ1v) is 2.61. The van der Waals surface area contributed by atoms with Gasteiger partial charge >= 0.3 is 29.6 Å². The van der Waals surface area contributed by atoms with Crippen molar-refractivity contribution in [2.45, 2.75) is 0 Å². The molecule has 1 rings (SSSR count). The molecule has 0 saturated heterocycles. The van der Waals surface area contributed by atoms with Crippen LogP contribution < -0.4 is 29.6 Å². The van der Waals surface area contributed by atoms with Crippen LogP contribution in [0.25, 0.3) is 6.08 Å². The molecule has 0 nitrogen and oxygen atoms in total. The second-order valence-electron chi connectivity index (χ2n) is 1.61. The Kier molecular flexibility index (Phi) is 4.78. The quantitative estimate of drug-likeness (QED) is 0.445. The van der Waals surface area contributed by atoms with Gasteiger partial charge in [-0.2, -0.15) is 0 Å². The predicted octanol–water partition coefficient (Wildman–Crippen LogP) is -0.554. The second-order valence-corrected chi connectivity index (χ2v) is 1.61. The molecule has 0 N–H and O–H groups in total. The monoisotopic (exact) mass is 128 g/mol. The molecule has 42 valence electrons. The number of hydrogen-bond acceptors (Lipinski definition) is 0. The molecule has 9 heavy (non-hydrogen) atoms. The first-order chi connectivity index (χ1) is 3.93. The Bertz CT molecular complexity index is 172. The van der Waals surface area contributed by atoms with Crippen LogP contribution in [0.4, 0.5) is 0 Å². The average Bonchev–Trinajstić information content (AvgIpc) is 1.90. The summed E-state index contributed by atoms with van der Waals surface area (Å²) in [5.41, 5.74) is 1.17. The SMILES string of the molecule is C=Cc1ccccc1.[H-].[Na+]. The molecule has 0 bridgehead atoms. The normalized spacial score (nSPS) is 7.56. The Morgan fingerprint density at radius 1 is 1.22 bits per heavy atom. The summed E-state index contributed by atoms with van der Waals surface area (Å²) in [7, 11) is 0. The van der Waals surface area contributed by atoms with Crippen LogP contribution in [0.2, 0.25) is 0 Å². The standard InChI is InChI=1S/C8H8.Na.H/c1-2-8-6-4-3-5-7-8;;/h2-7H,1H2;;/q;+1;-1. The van der Waals surface area contributed by atoms with Gasteiger partial charge in [-0.3, -0.25) is 0 Å². The first-order valence-electron chi connectivity index (χ1n) is 2.61. The topological polar surface area (TPSA) is 0 Å². The van der Waals surface area contributed by atoms with Gasteiger partial charge in [0, 0.05) is 0 Å². The van der Waals surface area contributed by atoms with E-state index >= 15 is 0 Å². The fourth-order valence-corrected chi connectivity index (χ4v) is 0.589. The summed E-state index contributed by atoms with van der Waals surface area (Å²) in [6.07, 6.45) is 1.83.